The highest BCUT2D eigenvalue weighted by atomic mass is 35.5. The lowest BCUT2D eigenvalue weighted by Crippen LogP contribution is -2.22. The van der Waals surface area contributed by atoms with Crippen LogP contribution in [0.2, 0.25) is 5.02 Å². The Morgan fingerprint density at radius 3 is 2.74 bits per heavy atom. The lowest BCUT2D eigenvalue weighted by Gasteiger charge is -2.34. The van der Waals surface area contributed by atoms with Crippen molar-refractivity contribution in [2.75, 3.05) is 0 Å². The van der Waals surface area contributed by atoms with Crippen molar-refractivity contribution in [1.82, 2.24) is 0 Å². The van der Waals surface area contributed by atoms with Crippen LogP contribution in [-0.2, 0) is 0 Å². The van der Waals surface area contributed by atoms with Gasteiger partial charge in [0.2, 0.25) is 0 Å². The Morgan fingerprint density at radius 1 is 1.37 bits per heavy atom. The summed E-state index contributed by atoms with van der Waals surface area (Å²) in [6, 6.07) is 7.24. The van der Waals surface area contributed by atoms with Gasteiger partial charge >= 0.3 is 0 Å². The van der Waals surface area contributed by atoms with Crippen LogP contribution in [0.3, 0.4) is 0 Å². The first-order chi connectivity index (χ1) is 8.90. The number of carbonyl (C=O) groups is 1. The molecule has 1 aliphatic carbocycles. The van der Waals surface area contributed by atoms with Gasteiger partial charge < -0.3 is 0 Å². The molecule has 19 heavy (non-hydrogen) atoms. The molecule has 0 bridgehead atoms. The normalized spacial score (nSPS) is 18.5. The Hall–Kier alpha value is -1.08. The van der Waals surface area contributed by atoms with Crippen LogP contribution >= 0.6 is 11.6 Å². The highest BCUT2D eigenvalue weighted by Gasteiger charge is 2.29. The molecule has 1 nitrogen and oxygen atoms in total. The highest BCUT2D eigenvalue weighted by Crippen LogP contribution is 2.42. The SMILES string of the molecule is CC1=C(CC(=O)c2cccc(Cl)c2)C(C)(C)CCC1. The molecule has 0 saturated heterocycles. The number of rotatable bonds is 3. The summed E-state index contributed by atoms with van der Waals surface area (Å²) in [7, 11) is 0. The van der Waals surface area contributed by atoms with E-state index >= 15 is 0 Å². The lowest BCUT2D eigenvalue weighted by molar-refractivity contribution is 0.0984. The summed E-state index contributed by atoms with van der Waals surface area (Å²) in [4.78, 5) is 12.4. The molecule has 1 aromatic rings. The number of hydrogen-bond acceptors (Lipinski definition) is 1. The van der Waals surface area contributed by atoms with Crippen molar-refractivity contribution >= 4 is 17.4 Å². The molecule has 1 aromatic carbocycles. The number of hydrogen-bond donors (Lipinski definition) is 0. The summed E-state index contributed by atoms with van der Waals surface area (Å²) in [5.41, 5.74) is 3.58. The topological polar surface area (TPSA) is 17.1 Å². The molecule has 0 amide bonds. The average molecular weight is 277 g/mol. The van der Waals surface area contributed by atoms with Gasteiger partial charge in [-0.1, -0.05) is 48.7 Å². The van der Waals surface area contributed by atoms with Crippen molar-refractivity contribution in [1.29, 1.82) is 0 Å². The zero-order chi connectivity index (χ0) is 14.0. The Kier molecular flexibility index (Phi) is 4.15. The molecule has 0 N–H and O–H groups in total. The van der Waals surface area contributed by atoms with E-state index in [0.717, 1.165) is 6.42 Å². The summed E-state index contributed by atoms with van der Waals surface area (Å²) in [6.07, 6.45) is 4.05. The molecular weight excluding hydrogens is 256 g/mol. The minimum absolute atomic E-state index is 0.149. The highest BCUT2D eigenvalue weighted by molar-refractivity contribution is 6.31. The van der Waals surface area contributed by atoms with E-state index in [1.54, 1.807) is 12.1 Å². The van der Waals surface area contributed by atoms with Crippen LogP contribution in [0.1, 0.15) is 56.8 Å². The molecule has 0 saturated carbocycles. The smallest absolute Gasteiger partial charge is 0.166 e. The fourth-order valence-electron chi connectivity index (χ4n) is 2.99. The minimum Gasteiger partial charge on any atom is -0.294 e. The number of carbonyl (C=O) groups excluding carboxylic acids is 1. The number of ketones is 1. The van der Waals surface area contributed by atoms with E-state index < -0.39 is 0 Å². The van der Waals surface area contributed by atoms with Crippen molar-refractivity contribution in [2.45, 2.75) is 46.5 Å². The predicted octanol–water partition coefficient (Wildman–Crippen LogP) is 5.44. The minimum atomic E-state index is 0.149. The molecule has 1 aliphatic rings. The first-order valence-corrected chi connectivity index (χ1v) is 7.26. The van der Waals surface area contributed by atoms with Crippen LogP contribution in [0.25, 0.3) is 0 Å². The molecule has 0 spiro atoms. The first kappa shape index (κ1) is 14.3. The Bertz CT molecular complexity index is 526. The van der Waals surface area contributed by atoms with Crippen LogP contribution in [0.15, 0.2) is 35.4 Å². The van der Waals surface area contributed by atoms with E-state index in [4.69, 9.17) is 11.6 Å². The number of halogens is 1. The maximum absolute atomic E-state index is 12.4. The Labute approximate surface area is 120 Å². The van der Waals surface area contributed by atoms with Crippen LogP contribution < -0.4 is 0 Å². The monoisotopic (exact) mass is 276 g/mol. The van der Waals surface area contributed by atoms with Gasteiger partial charge in [0.15, 0.2) is 5.78 Å². The molecule has 0 radical (unpaired) electrons. The van der Waals surface area contributed by atoms with E-state index in [1.807, 2.05) is 12.1 Å². The zero-order valence-corrected chi connectivity index (χ0v) is 12.7. The van der Waals surface area contributed by atoms with E-state index in [1.165, 1.54) is 24.0 Å². The van der Waals surface area contributed by atoms with Crippen molar-refractivity contribution in [3.63, 3.8) is 0 Å². The summed E-state index contributed by atoms with van der Waals surface area (Å²) in [5.74, 6) is 0.173. The lowest BCUT2D eigenvalue weighted by atomic mass is 9.71. The molecule has 0 aliphatic heterocycles. The van der Waals surface area contributed by atoms with E-state index in [0.29, 0.717) is 17.0 Å². The van der Waals surface area contributed by atoms with E-state index in [9.17, 15) is 4.79 Å². The largest absolute Gasteiger partial charge is 0.294 e. The summed E-state index contributed by atoms with van der Waals surface area (Å²) < 4.78 is 0. The van der Waals surface area contributed by atoms with Gasteiger partial charge in [0.25, 0.3) is 0 Å². The molecule has 102 valence electrons. The van der Waals surface area contributed by atoms with E-state index in [2.05, 4.69) is 20.8 Å². The van der Waals surface area contributed by atoms with Crippen LogP contribution in [0, 0.1) is 5.41 Å². The number of benzene rings is 1. The van der Waals surface area contributed by atoms with Crippen LogP contribution in [0.4, 0.5) is 0 Å². The van der Waals surface area contributed by atoms with Gasteiger partial charge in [-0.2, -0.15) is 0 Å². The van der Waals surface area contributed by atoms with Gasteiger partial charge in [-0.05, 0) is 43.7 Å². The third-order valence-electron chi connectivity index (χ3n) is 4.17. The fraction of sp³-hybridized carbons (Fsp3) is 0.471. The predicted molar refractivity (Wildman–Crippen MR) is 80.7 cm³/mol. The molecule has 0 atom stereocenters. The van der Waals surface area contributed by atoms with Gasteiger partial charge in [0.05, 0.1) is 0 Å². The maximum atomic E-state index is 12.4. The van der Waals surface area contributed by atoms with Gasteiger partial charge in [0, 0.05) is 17.0 Å². The molecular formula is C17H21ClO. The van der Waals surface area contributed by atoms with Crippen molar-refractivity contribution in [2.24, 2.45) is 5.41 Å². The molecule has 2 rings (SSSR count). The molecule has 0 unspecified atom stereocenters. The van der Waals surface area contributed by atoms with Crippen LogP contribution in [-0.4, -0.2) is 5.78 Å². The zero-order valence-electron chi connectivity index (χ0n) is 11.9. The second kappa shape index (κ2) is 5.50. The quantitative estimate of drug-likeness (QED) is 0.531. The Morgan fingerprint density at radius 2 is 2.11 bits per heavy atom. The fourth-order valence-corrected chi connectivity index (χ4v) is 3.18. The third-order valence-corrected chi connectivity index (χ3v) is 4.40. The second-order valence-electron chi connectivity index (χ2n) is 6.11. The molecule has 0 aromatic heterocycles. The first-order valence-electron chi connectivity index (χ1n) is 6.88. The second-order valence-corrected chi connectivity index (χ2v) is 6.54. The average Bonchev–Trinajstić information content (AvgIpc) is 2.33. The summed E-state index contributed by atoms with van der Waals surface area (Å²) in [5, 5.41) is 0.624. The molecule has 2 heteroatoms. The Balaban J connectivity index is 2.23. The summed E-state index contributed by atoms with van der Waals surface area (Å²) >= 11 is 5.95. The van der Waals surface area contributed by atoms with Gasteiger partial charge in [-0.3, -0.25) is 4.79 Å². The van der Waals surface area contributed by atoms with E-state index in [-0.39, 0.29) is 11.2 Å². The van der Waals surface area contributed by atoms with Crippen molar-refractivity contribution in [3.8, 4) is 0 Å². The molecule has 0 heterocycles. The molecule has 0 fully saturated rings. The van der Waals surface area contributed by atoms with Gasteiger partial charge in [0.1, 0.15) is 0 Å². The van der Waals surface area contributed by atoms with Crippen LogP contribution in [0.5, 0.6) is 0 Å². The van der Waals surface area contributed by atoms with Crippen molar-refractivity contribution < 1.29 is 4.79 Å². The number of Topliss-reactive ketones (excluding diaryl/α,β-unsaturated/α-hetero) is 1. The third kappa shape index (κ3) is 3.27. The van der Waals surface area contributed by atoms with Crippen molar-refractivity contribution in [3.05, 3.63) is 46.0 Å². The van der Waals surface area contributed by atoms with Gasteiger partial charge in [-0.15, -0.1) is 0 Å². The van der Waals surface area contributed by atoms with Gasteiger partial charge in [-0.25, -0.2) is 0 Å². The summed E-state index contributed by atoms with van der Waals surface area (Å²) in [6.45, 7) is 6.66. The number of allylic oxidation sites excluding steroid dienone is 2. The standard InChI is InChI=1S/C17H21ClO/c1-12-6-5-9-17(2,3)15(12)11-16(19)13-7-4-8-14(18)10-13/h4,7-8,10H,5-6,9,11H2,1-3H3. The maximum Gasteiger partial charge on any atom is 0.166 e.